The zero-order valence-corrected chi connectivity index (χ0v) is 9.82. The summed E-state index contributed by atoms with van der Waals surface area (Å²) in [5, 5.41) is 8.88. The number of rotatable bonds is 4. The number of carbonyl (C=O) groups is 2. The molecule has 0 aliphatic rings. The molecule has 0 fully saturated rings. The molecule has 1 aromatic carbocycles. The molecule has 1 rings (SSSR count). The van der Waals surface area contributed by atoms with Crippen LogP contribution in [0.25, 0.3) is 0 Å². The van der Waals surface area contributed by atoms with Crippen LogP contribution in [-0.4, -0.2) is 18.4 Å². The highest BCUT2D eigenvalue weighted by atomic mass is 16.5. The quantitative estimate of drug-likeness (QED) is 0.742. The van der Waals surface area contributed by atoms with E-state index < -0.39 is 5.97 Å². The Labute approximate surface area is 99.8 Å². The molecule has 0 bridgehead atoms. The average Bonchev–Trinajstić information content (AvgIpc) is 2.28. The van der Waals surface area contributed by atoms with Crippen LogP contribution in [0.2, 0.25) is 0 Å². The lowest BCUT2D eigenvalue weighted by atomic mass is 10.0. The topological polar surface area (TPSA) is 67.2 Å². The van der Waals surface area contributed by atoms with Gasteiger partial charge in [0.15, 0.2) is 0 Å². The van der Waals surface area contributed by atoms with Gasteiger partial charge in [0.1, 0.15) is 11.9 Å². The van der Waals surface area contributed by atoms with Gasteiger partial charge in [0.2, 0.25) is 0 Å². The predicted molar refractivity (Wildman–Crippen MR) is 61.5 cm³/mol. The van der Waals surface area contributed by atoms with Crippen molar-refractivity contribution in [3.05, 3.63) is 34.9 Å². The second-order valence-corrected chi connectivity index (χ2v) is 3.59. The van der Waals surface area contributed by atoms with E-state index in [0.717, 1.165) is 0 Å². The molecule has 1 aromatic rings. The molecule has 0 atom stereocenters. The summed E-state index contributed by atoms with van der Waals surface area (Å²) >= 11 is 0. The van der Waals surface area contributed by atoms with E-state index >= 15 is 0 Å². The lowest BCUT2D eigenvalue weighted by Crippen LogP contribution is -2.08. The minimum Gasteiger partial charge on any atom is -0.462 e. The van der Waals surface area contributed by atoms with Crippen molar-refractivity contribution in [2.75, 3.05) is 6.61 Å². The molecular weight excluding hydrogens is 218 g/mol. The van der Waals surface area contributed by atoms with Gasteiger partial charge in [0.05, 0.1) is 17.7 Å². The molecule has 4 nitrogen and oxygen atoms in total. The minimum atomic E-state index is -0.533. The van der Waals surface area contributed by atoms with Gasteiger partial charge in [-0.1, -0.05) is 6.07 Å². The van der Waals surface area contributed by atoms with Crippen LogP contribution >= 0.6 is 0 Å². The predicted octanol–water partition coefficient (Wildman–Crippen LogP) is 1.87. The minimum absolute atomic E-state index is 0.00418. The van der Waals surface area contributed by atoms with E-state index in [9.17, 15) is 9.59 Å². The van der Waals surface area contributed by atoms with Crippen molar-refractivity contribution in [2.45, 2.75) is 20.3 Å². The van der Waals surface area contributed by atoms with Crippen molar-refractivity contribution >= 4 is 11.8 Å². The highest BCUT2D eigenvalue weighted by molar-refractivity contribution is 5.92. The number of nitrogens with zero attached hydrogens (tertiary/aromatic N) is 1. The average molecular weight is 231 g/mol. The Bertz CT molecular complexity index is 486. The molecule has 0 aromatic heterocycles. The summed E-state index contributed by atoms with van der Waals surface area (Å²) in [6.45, 7) is 3.42. The van der Waals surface area contributed by atoms with E-state index in [1.54, 1.807) is 13.0 Å². The molecule has 0 radical (unpaired) electrons. The molecular formula is C13H13NO3. The van der Waals surface area contributed by atoms with Crippen molar-refractivity contribution in [1.29, 1.82) is 5.26 Å². The van der Waals surface area contributed by atoms with E-state index in [0.29, 0.717) is 5.56 Å². The second kappa shape index (κ2) is 5.80. The van der Waals surface area contributed by atoms with Crippen LogP contribution < -0.4 is 0 Å². The summed E-state index contributed by atoms with van der Waals surface area (Å²) in [6.07, 6.45) is 0.248. The lowest BCUT2D eigenvalue weighted by Gasteiger charge is -2.06. The molecule has 0 unspecified atom stereocenters. The summed E-state index contributed by atoms with van der Waals surface area (Å²) in [7, 11) is 0. The van der Waals surface area contributed by atoms with Crippen molar-refractivity contribution in [1.82, 2.24) is 0 Å². The smallest absolute Gasteiger partial charge is 0.339 e. The van der Waals surface area contributed by atoms with Crippen LogP contribution in [0.4, 0.5) is 0 Å². The third-order valence-electron chi connectivity index (χ3n) is 2.15. The number of benzene rings is 1. The summed E-state index contributed by atoms with van der Waals surface area (Å²) in [6, 6.07) is 6.67. The fourth-order valence-corrected chi connectivity index (χ4v) is 1.46. The monoisotopic (exact) mass is 231 g/mol. The van der Waals surface area contributed by atoms with Gasteiger partial charge in [-0.3, -0.25) is 4.79 Å². The van der Waals surface area contributed by atoms with Crippen molar-refractivity contribution in [3.63, 3.8) is 0 Å². The van der Waals surface area contributed by atoms with Gasteiger partial charge in [-0.2, -0.15) is 5.26 Å². The Morgan fingerprint density at radius 1 is 1.41 bits per heavy atom. The first-order valence-corrected chi connectivity index (χ1v) is 5.28. The third-order valence-corrected chi connectivity index (χ3v) is 2.15. The van der Waals surface area contributed by atoms with Crippen LogP contribution in [0.3, 0.4) is 0 Å². The van der Waals surface area contributed by atoms with Crippen LogP contribution in [0.5, 0.6) is 0 Å². The van der Waals surface area contributed by atoms with E-state index in [2.05, 4.69) is 0 Å². The summed E-state index contributed by atoms with van der Waals surface area (Å²) in [5.74, 6) is -0.529. The van der Waals surface area contributed by atoms with Crippen molar-refractivity contribution in [3.8, 4) is 6.07 Å². The number of hydrogen-bond donors (Lipinski definition) is 0. The Balaban J connectivity index is 3.11. The van der Waals surface area contributed by atoms with Crippen molar-refractivity contribution in [2.24, 2.45) is 0 Å². The van der Waals surface area contributed by atoms with Crippen LogP contribution in [0, 0.1) is 11.3 Å². The maximum atomic E-state index is 11.6. The number of carbonyl (C=O) groups excluding carboxylic acids is 2. The highest BCUT2D eigenvalue weighted by Gasteiger charge is 2.13. The second-order valence-electron chi connectivity index (χ2n) is 3.59. The van der Waals surface area contributed by atoms with E-state index in [4.69, 9.17) is 10.00 Å². The largest absolute Gasteiger partial charge is 0.462 e. The van der Waals surface area contributed by atoms with Gasteiger partial charge in [-0.15, -0.1) is 0 Å². The normalized spacial score (nSPS) is 9.47. The molecule has 4 heteroatoms. The van der Waals surface area contributed by atoms with Gasteiger partial charge in [0, 0.05) is 6.42 Å². The maximum Gasteiger partial charge on any atom is 0.339 e. The Kier molecular flexibility index (Phi) is 4.41. The number of esters is 1. The van der Waals surface area contributed by atoms with Crippen LogP contribution in [0.15, 0.2) is 18.2 Å². The maximum absolute atomic E-state index is 11.6. The van der Waals surface area contributed by atoms with Crippen molar-refractivity contribution < 1.29 is 14.3 Å². The van der Waals surface area contributed by atoms with E-state index in [1.807, 2.05) is 6.07 Å². The van der Waals surface area contributed by atoms with Gasteiger partial charge >= 0.3 is 5.97 Å². The van der Waals surface area contributed by atoms with E-state index in [-0.39, 0.29) is 29.9 Å². The SMILES string of the molecule is CCOC(=O)c1cc(CC(C)=O)ccc1C#N. The summed E-state index contributed by atoms with van der Waals surface area (Å²) < 4.78 is 4.86. The van der Waals surface area contributed by atoms with Crippen LogP contribution in [0.1, 0.15) is 35.3 Å². The van der Waals surface area contributed by atoms with Gasteiger partial charge < -0.3 is 4.74 Å². The molecule has 0 saturated heterocycles. The summed E-state index contributed by atoms with van der Waals surface area (Å²) in [5.41, 5.74) is 1.18. The third kappa shape index (κ3) is 3.42. The fraction of sp³-hybridized carbons (Fsp3) is 0.308. The molecule has 0 saturated carbocycles. The summed E-state index contributed by atoms with van der Waals surface area (Å²) in [4.78, 5) is 22.6. The number of ketones is 1. The molecule has 0 heterocycles. The zero-order valence-electron chi connectivity index (χ0n) is 9.82. The fourth-order valence-electron chi connectivity index (χ4n) is 1.46. The molecule has 88 valence electrons. The number of nitriles is 1. The first-order valence-electron chi connectivity index (χ1n) is 5.28. The van der Waals surface area contributed by atoms with Gasteiger partial charge in [-0.25, -0.2) is 4.79 Å². The Morgan fingerprint density at radius 2 is 2.12 bits per heavy atom. The Morgan fingerprint density at radius 3 is 2.65 bits per heavy atom. The lowest BCUT2D eigenvalue weighted by molar-refractivity contribution is -0.116. The first kappa shape index (κ1) is 12.9. The molecule has 0 aliphatic carbocycles. The molecule has 0 spiro atoms. The zero-order chi connectivity index (χ0) is 12.8. The van der Waals surface area contributed by atoms with E-state index in [1.165, 1.54) is 19.1 Å². The molecule has 0 N–H and O–H groups in total. The highest BCUT2D eigenvalue weighted by Crippen LogP contribution is 2.13. The van der Waals surface area contributed by atoms with Gasteiger partial charge in [0.25, 0.3) is 0 Å². The Hall–Kier alpha value is -2.15. The van der Waals surface area contributed by atoms with Gasteiger partial charge in [-0.05, 0) is 31.5 Å². The standard InChI is InChI=1S/C13H13NO3/c1-3-17-13(16)12-7-10(6-9(2)15)4-5-11(12)8-14/h4-5,7H,3,6H2,1-2H3. The molecule has 0 aliphatic heterocycles. The number of ether oxygens (including phenoxy) is 1. The first-order chi connectivity index (χ1) is 8.08. The molecule has 17 heavy (non-hydrogen) atoms. The van der Waals surface area contributed by atoms with Crippen LogP contribution in [-0.2, 0) is 16.0 Å². The number of hydrogen-bond acceptors (Lipinski definition) is 4. The number of Topliss-reactive ketones (excluding diaryl/α,β-unsaturated/α-hetero) is 1. The molecule has 0 amide bonds.